The van der Waals surface area contributed by atoms with E-state index in [0.29, 0.717) is 0 Å². The van der Waals surface area contributed by atoms with Gasteiger partial charge in [0.05, 0.1) is 11.1 Å². The van der Waals surface area contributed by atoms with E-state index in [-0.39, 0.29) is 5.41 Å². The highest BCUT2D eigenvalue weighted by atomic mass is 32.1. The first-order valence-corrected chi connectivity index (χ1v) is 23.8. The van der Waals surface area contributed by atoms with Crippen molar-refractivity contribution in [1.29, 1.82) is 0 Å². The second-order valence-corrected chi connectivity index (χ2v) is 19.4. The maximum Gasteiger partial charge on any atom is 0.0714 e. The van der Waals surface area contributed by atoms with E-state index in [1.54, 1.807) is 0 Å². The SMILES string of the molecule is CC1(C)c2cc(N(c3cccc(C4(c5ccccc5)c5ccccc5-c5ccccc54)c3)c3ccc(-c4ccccc4)c4sc5ccccc5c34)ccc2-c2c(-c3ccccc3)cccc21. The van der Waals surface area contributed by atoms with Crippen LogP contribution in [0.5, 0.6) is 0 Å². The lowest BCUT2D eigenvalue weighted by Gasteiger charge is -2.35. The molecule has 0 unspecified atom stereocenters. The molecule has 13 rings (SSSR count). The molecule has 2 aliphatic carbocycles. The Hall–Kier alpha value is -7.78. The first kappa shape index (κ1) is 38.7. The maximum atomic E-state index is 2.56. The highest BCUT2D eigenvalue weighted by molar-refractivity contribution is 7.26. The van der Waals surface area contributed by atoms with E-state index in [0.717, 1.165) is 11.4 Å². The van der Waals surface area contributed by atoms with E-state index in [9.17, 15) is 0 Å². The molecule has 10 aromatic carbocycles. The Bertz CT molecular complexity index is 3630. The molecule has 0 radical (unpaired) electrons. The predicted octanol–water partition coefficient (Wildman–Crippen LogP) is 17.5. The van der Waals surface area contributed by atoms with Gasteiger partial charge in [-0.15, -0.1) is 11.3 Å². The van der Waals surface area contributed by atoms with Crippen LogP contribution in [0.2, 0.25) is 0 Å². The van der Waals surface area contributed by atoms with Crippen LogP contribution in [0, 0.1) is 0 Å². The highest BCUT2D eigenvalue weighted by Gasteiger charge is 2.46. The summed E-state index contributed by atoms with van der Waals surface area (Å²) in [4.78, 5) is 2.56. The van der Waals surface area contributed by atoms with Crippen LogP contribution in [-0.4, -0.2) is 0 Å². The number of thiophene rings is 1. The van der Waals surface area contributed by atoms with E-state index in [1.165, 1.54) is 104 Å². The molecule has 0 saturated carbocycles. The molecule has 0 bridgehead atoms. The van der Waals surface area contributed by atoms with Crippen LogP contribution < -0.4 is 4.90 Å². The lowest BCUT2D eigenvalue weighted by atomic mass is 9.67. The van der Waals surface area contributed by atoms with Crippen molar-refractivity contribution in [3.05, 3.63) is 270 Å². The molecule has 1 aromatic heterocycles. The van der Waals surface area contributed by atoms with Crippen LogP contribution in [-0.2, 0) is 10.8 Å². The van der Waals surface area contributed by atoms with Gasteiger partial charge in [0.1, 0.15) is 0 Å². The smallest absolute Gasteiger partial charge is 0.0714 e. The van der Waals surface area contributed by atoms with Crippen molar-refractivity contribution >= 4 is 48.6 Å². The van der Waals surface area contributed by atoms with Crippen LogP contribution in [0.15, 0.2) is 237 Å². The first-order valence-electron chi connectivity index (χ1n) is 23.0. The zero-order valence-corrected chi connectivity index (χ0v) is 37.7. The summed E-state index contributed by atoms with van der Waals surface area (Å²) in [6.45, 7) is 4.80. The molecule has 0 saturated heterocycles. The standard InChI is InChI=1S/C64H45NS/c1-63(2)56-34-19-31-48(42-20-6-3-7-21-42)60(56)52-37-36-47(41-57(52)63)65(58-39-38-49(43-22-8-4-9-23-43)62-61(58)53-30-14-17-35-59(53)66-62)46-27-18-26-45(40-46)64(44-24-10-5-11-25-44)54-32-15-12-28-50(54)51-29-13-16-33-55(51)64/h3-41H,1-2H3. The molecule has 0 amide bonds. The molecular weight excluding hydrogens is 815 g/mol. The topological polar surface area (TPSA) is 3.24 Å². The Morgan fingerprint density at radius 1 is 0.379 bits per heavy atom. The Labute approximate surface area is 390 Å². The molecule has 66 heavy (non-hydrogen) atoms. The van der Waals surface area contributed by atoms with E-state index < -0.39 is 5.41 Å². The summed E-state index contributed by atoms with van der Waals surface area (Å²) in [6.07, 6.45) is 0. The average molecular weight is 860 g/mol. The van der Waals surface area contributed by atoms with Crippen molar-refractivity contribution in [2.24, 2.45) is 0 Å². The number of hydrogen-bond donors (Lipinski definition) is 0. The summed E-state index contributed by atoms with van der Waals surface area (Å²) in [5.41, 5.74) is 20.7. The number of benzene rings is 10. The number of fused-ring (bicyclic) bond motifs is 9. The quantitative estimate of drug-likeness (QED) is 0.154. The van der Waals surface area contributed by atoms with Gasteiger partial charge < -0.3 is 4.90 Å². The molecule has 0 atom stereocenters. The van der Waals surface area contributed by atoms with Gasteiger partial charge in [-0.1, -0.05) is 214 Å². The normalized spacial score (nSPS) is 13.8. The van der Waals surface area contributed by atoms with Gasteiger partial charge in [-0.2, -0.15) is 0 Å². The van der Waals surface area contributed by atoms with E-state index in [4.69, 9.17) is 0 Å². The van der Waals surface area contributed by atoms with Gasteiger partial charge in [-0.3, -0.25) is 0 Å². The van der Waals surface area contributed by atoms with Gasteiger partial charge in [0.25, 0.3) is 0 Å². The molecular formula is C64H45NS. The van der Waals surface area contributed by atoms with Crippen LogP contribution in [0.1, 0.15) is 47.2 Å². The van der Waals surface area contributed by atoms with Gasteiger partial charge >= 0.3 is 0 Å². The minimum Gasteiger partial charge on any atom is -0.310 e. The first-order chi connectivity index (χ1) is 32.5. The Morgan fingerprint density at radius 2 is 0.924 bits per heavy atom. The maximum absolute atomic E-state index is 2.56. The zero-order valence-electron chi connectivity index (χ0n) is 36.9. The highest BCUT2D eigenvalue weighted by Crippen LogP contribution is 2.58. The summed E-state index contributed by atoms with van der Waals surface area (Å²) in [5, 5.41) is 2.54. The van der Waals surface area contributed by atoms with Crippen molar-refractivity contribution in [3.8, 4) is 44.5 Å². The van der Waals surface area contributed by atoms with E-state index in [1.807, 2.05) is 11.3 Å². The van der Waals surface area contributed by atoms with Crippen LogP contribution >= 0.6 is 11.3 Å². The Kier molecular flexibility index (Phi) is 8.72. The van der Waals surface area contributed by atoms with Gasteiger partial charge in [0.15, 0.2) is 0 Å². The molecule has 0 N–H and O–H groups in total. The minimum atomic E-state index is -0.535. The molecule has 11 aromatic rings. The summed E-state index contributed by atoms with van der Waals surface area (Å²) in [6, 6.07) is 88.2. The third-order valence-electron chi connectivity index (χ3n) is 14.6. The van der Waals surface area contributed by atoms with Crippen LogP contribution in [0.3, 0.4) is 0 Å². The fourth-order valence-electron chi connectivity index (χ4n) is 11.6. The lowest BCUT2D eigenvalue weighted by molar-refractivity contribution is 0.660. The molecule has 0 spiro atoms. The minimum absolute atomic E-state index is 0.227. The third-order valence-corrected chi connectivity index (χ3v) is 15.8. The van der Waals surface area contributed by atoms with Gasteiger partial charge in [-0.05, 0) is 114 Å². The van der Waals surface area contributed by atoms with E-state index >= 15 is 0 Å². The van der Waals surface area contributed by atoms with Gasteiger partial charge in [0, 0.05) is 37.0 Å². The summed E-state index contributed by atoms with van der Waals surface area (Å²) in [7, 11) is 0. The number of nitrogens with zero attached hydrogens (tertiary/aromatic N) is 1. The van der Waals surface area contributed by atoms with Gasteiger partial charge in [-0.25, -0.2) is 0 Å². The van der Waals surface area contributed by atoms with E-state index in [2.05, 4.69) is 255 Å². The second kappa shape index (κ2) is 14.9. The molecule has 0 aliphatic heterocycles. The zero-order chi connectivity index (χ0) is 44.0. The monoisotopic (exact) mass is 859 g/mol. The molecule has 2 aliphatic rings. The van der Waals surface area contributed by atoms with Crippen LogP contribution in [0.25, 0.3) is 64.7 Å². The largest absolute Gasteiger partial charge is 0.310 e. The summed E-state index contributed by atoms with van der Waals surface area (Å²) >= 11 is 1.89. The second-order valence-electron chi connectivity index (χ2n) is 18.3. The number of anilines is 3. The van der Waals surface area contributed by atoms with Crippen molar-refractivity contribution in [1.82, 2.24) is 0 Å². The molecule has 2 heteroatoms. The molecule has 1 heterocycles. The number of rotatable bonds is 7. The molecule has 312 valence electrons. The number of hydrogen-bond acceptors (Lipinski definition) is 2. The van der Waals surface area contributed by atoms with Crippen molar-refractivity contribution in [2.45, 2.75) is 24.7 Å². The van der Waals surface area contributed by atoms with Crippen molar-refractivity contribution in [3.63, 3.8) is 0 Å². The Balaban J connectivity index is 1.10. The summed E-state index contributed by atoms with van der Waals surface area (Å²) < 4.78 is 2.58. The average Bonchev–Trinajstić information content (AvgIpc) is 3.99. The van der Waals surface area contributed by atoms with Crippen molar-refractivity contribution < 1.29 is 0 Å². The summed E-state index contributed by atoms with van der Waals surface area (Å²) in [5.74, 6) is 0. The van der Waals surface area contributed by atoms with Crippen molar-refractivity contribution in [2.75, 3.05) is 4.90 Å². The fraction of sp³-hybridized carbons (Fsp3) is 0.0625. The third kappa shape index (κ3) is 5.58. The predicted molar refractivity (Wildman–Crippen MR) is 280 cm³/mol. The molecule has 1 nitrogen and oxygen atoms in total. The molecule has 0 fully saturated rings. The van der Waals surface area contributed by atoms with Crippen LogP contribution in [0.4, 0.5) is 17.1 Å². The van der Waals surface area contributed by atoms with Gasteiger partial charge in [0.2, 0.25) is 0 Å². The Morgan fingerprint density at radius 3 is 1.65 bits per heavy atom. The lowest BCUT2D eigenvalue weighted by Crippen LogP contribution is -2.28. The fourth-order valence-corrected chi connectivity index (χ4v) is 12.9.